The van der Waals surface area contributed by atoms with Gasteiger partial charge < -0.3 is 14.8 Å². The Morgan fingerprint density at radius 1 is 1.10 bits per heavy atom. The fraction of sp³-hybridized carbons (Fsp3) is 0.364. The summed E-state index contributed by atoms with van der Waals surface area (Å²) in [5.74, 6) is 1.26. The zero-order valence-electron chi connectivity index (χ0n) is 16.9. The Labute approximate surface area is 174 Å². The molecule has 0 aliphatic heterocycles. The highest BCUT2D eigenvalue weighted by atomic mass is 32.1. The van der Waals surface area contributed by atoms with E-state index in [2.05, 4.69) is 5.32 Å². The minimum Gasteiger partial charge on any atom is -0.490 e. The van der Waals surface area contributed by atoms with Crippen molar-refractivity contribution in [2.75, 3.05) is 19.8 Å². The molecule has 0 unspecified atom stereocenters. The van der Waals surface area contributed by atoms with Crippen molar-refractivity contribution in [2.24, 2.45) is 0 Å². The van der Waals surface area contributed by atoms with Gasteiger partial charge in [-0.25, -0.2) is 0 Å². The molecule has 2 aromatic carbocycles. The van der Waals surface area contributed by atoms with Gasteiger partial charge in [0.25, 0.3) is 5.56 Å². The monoisotopic (exact) mass is 414 g/mol. The number of hydrogen-bond acceptors (Lipinski definition) is 5. The van der Waals surface area contributed by atoms with E-state index in [0.717, 1.165) is 16.0 Å². The number of benzene rings is 2. The second-order valence-corrected chi connectivity index (χ2v) is 7.60. The average Bonchev–Trinajstić information content (AvgIpc) is 3.06. The van der Waals surface area contributed by atoms with Crippen LogP contribution in [0.2, 0.25) is 0 Å². The molecular formula is C22H26N2O4S. The lowest BCUT2D eigenvalue weighted by atomic mass is 10.1. The van der Waals surface area contributed by atoms with Crippen LogP contribution in [-0.4, -0.2) is 29.6 Å². The van der Waals surface area contributed by atoms with Gasteiger partial charge in [0, 0.05) is 6.54 Å². The number of carbonyl (C=O) groups excluding carboxylic acids is 1. The van der Waals surface area contributed by atoms with Crippen molar-refractivity contribution in [3.63, 3.8) is 0 Å². The number of hydrogen-bond donors (Lipinski definition) is 1. The highest BCUT2D eigenvalue weighted by Crippen LogP contribution is 2.28. The molecular weight excluding hydrogens is 388 g/mol. The molecule has 3 rings (SSSR count). The summed E-state index contributed by atoms with van der Waals surface area (Å²) in [4.78, 5) is 25.1. The Kier molecular flexibility index (Phi) is 6.93. The largest absolute Gasteiger partial charge is 0.490 e. The molecule has 7 heteroatoms. The smallest absolute Gasteiger partial charge is 0.269 e. The van der Waals surface area contributed by atoms with Crippen LogP contribution >= 0.6 is 11.5 Å². The highest BCUT2D eigenvalue weighted by molar-refractivity contribution is 7.14. The quantitative estimate of drug-likeness (QED) is 0.579. The van der Waals surface area contributed by atoms with Crippen LogP contribution in [0.25, 0.3) is 10.1 Å². The van der Waals surface area contributed by atoms with Crippen LogP contribution in [0.4, 0.5) is 0 Å². The van der Waals surface area contributed by atoms with Crippen LogP contribution in [0.1, 0.15) is 32.4 Å². The van der Waals surface area contributed by atoms with Crippen molar-refractivity contribution in [1.29, 1.82) is 0 Å². The van der Waals surface area contributed by atoms with Crippen molar-refractivity contribution in [1.82, 2.24) is 9.27 Å². The van der Waals surface area contributed by atoms with Gasteiger partial charge in [0.15, 0.2) is 11.5 Å². The molecule has 1 N–H and O–H groups in total. The number of fused-ring (bicyclic) bond motifs is 1. The first-order valence-electron chi connectivity index (χ1n) is 9.82. The number of nitrogens with one attached hydrogen (secondary N) is 1. The van der Waals surface area contributed by atoms with E-state index in [-0.39, 0.29) is 11.5 Å². The SMILES string of the molecule is CCOc1ccc(CCNC(=O)[C@H](C)n2sc3ccccc3c2=O)cc1OCC. The Morgan fingerprint density at radius 2 is 1.83 bits per heavy atom. The molecule has 1 aromatic heterocycles. The molecule has 0 saturated heterocycles. The molecule has 3 aromatic rings. The summed E-state index contributed by atoms with van der Waals surface area (Å²) < 4.78 is 13.6. The lowest BCUT2D eigenvalue weighted by Gasteiger charge is -2.14. The van der Waals surface area contributed by atoms with E-state index < -0.39 is 6.04 Å². The van der Waals surface area contributed by atoms with E-state index in [0.29, 0.717) is 37.3 Å². The summed E-state index contributed by atoms with van der Waals surface area (Å²) in [7, 11) is 0. The van der Waals surface area contributed by atoms with E-state index >= 15 is 0 Å². The minimum atomic E-state index is -0.556. The first-order valence-corrected chi connectivity index (χ1v) is 10.6. The van der Waals surface area contributed by atoms with E-state index in [1.807, 2.05) is 50.2 Å². The Morgan fingerprint density at radius 3 is 2.55 bits per heavy atom. The fourth-order valence-corrected chi connectivity index (χ4v) is 4.12. The van der Waals surface area contributed by atoms with Crippen LogP contribution in [-0.2, 0) is 11.2 Å². The van der Waals surface area contributed by atoms with Crippen molar-refractivity contribution in [2.45, 2.75) is 33.2 Å². The van der Waals surface area contributed by atoms with E-state index in [4.69, 9.17) is 9.47 Å². The molecule has 1 atom stereocenters. The maximum Gasteiger partial charge on any atom is 0.269 e. The second kappa shape index (κ2) is 9.60. The van der Waals surface area contributed by atoms with Crippen LogP contribution in [0.5, 0.6) is 11.5 Å². The second-order valence-electron chi connectivity index (χ2n) is 6.58. The first-order chi connectivity index (χ1) is 14.0. The van der Waals surface area contributed by atoms with E-state index in [1.165, 1.54) is 15.5 Å². The third kappa shape index (κ3) is 4.79. The molecule has 1 heterocycles. The van der Waals surface area contributed by atoms with Gasteiger partial charge in [-0.2, -0.15) is 0 Å². The standard InChI is InChI=1S/C22H26N2O4S/c1-4-27-18-11-10-16(14-19(18)28-5-2)12-13-23-21(25)15(3)24-22(26)17-8-6-7-9-20(17)29-24/h6-11,14-15H,4-5,12-13H2,1-3H3,(H,23,25)/t15-/m0/s1. The molecule has 0 bridgehead atoms. The number of ether oxygens (including phenoxy) is 2. The maximum atomic E-state index is 12.6. The summed E-state index contributed by atoms with van der Waals surface area (Å²) in [6, 6.07) is 12.7. The molecule has 29 heavy (non-hydrogen) atoms. The number of rotatable bonds is 9. The van der Waals surface area contributed by atoms with Gasteiger partial charge in [0.1, 0.15) is 6.04 Å². The zero-order chi connectivity index (χ0) is 20.8. The molecule has 1 amide bonds. The summed E-state index contributed by atoms with van der Waals surface area (Å²) in [6.45, 7) is 7.22. The zero-order valence-corrected chi connectivity index (χ0v) is 17.8. The van der Waals surface area contributed by atoms with Gasteiger partial charge in [-0.3, -0.25) is 13.5 Å². The van der Waals surface area contributed by atoms with Gasteiger partial charge in [-0.1, -0.05) is 29.7 Å². The third-order valence-electron chi connectivity index (χ3n) is 4.57. The van der Waals surface area contributed by atoms with Crippen LogP contribution in [0.15, 0.2) is 47.3 Å². The molecule has 0 radical (unpaired) electrons. The van der Waals surface area contributed by atoms with E-state index in [9.17, 15) is 9.59 Å². The normalized spacial score (nSPS) is 12.0. The van der Waals surface area contributed by atoms with Gasteiger partial charge in [0.2, 0.25) is 5.91 Å². The predicted molar refractivity (Wildman–Crippen MR) is 116 cm³/mol. The number of aromatic nitrogens is 1. The summed E-state index contributed by atoms with van der Waals surface area (Å²) in [5.41, 5.74) is 0.921. The van der Waals surface area contributed by atoms with Crippen molar-refractivity contribution in [3.05, 3.63) is 58.4 Å². The van der Waals surface area contributed by atoms with Crippen molar-refractivity contribution < 1.29 is 14.3 Å². The van der Waals surface area contributed by atoms with Crippen LogP contribution in [0, 0.1) is 0 Å². The summed E-state index contributed by atoms with van der Waals surface area (Å²) >= 11 is 1.32. The Bertz CT molecular complexity index is 1040. The number of carbonyl (C=O) groups is 1. The third-order valence-corrected chi connectivity index (χ3v) is 5.80. The fourth-order valence-electron chi connectivity index (χ4n) is 3.08. The Balaban J connectivity index is 1.62. The van der Waals surface area contributed by atoms with Gasteiger partial charge in [-0.05, 0) is 57.0 Å². The average molecular weight is 415 g/mol. The molecule has 154 valence electrons. The van der Waals surface area contributed by atoms with Gasteiger partial charge in [-0.15, -0.1) is 0 Å². The summed E-state index contributed by atoms with van der Waals surface area (Å²) in [5, 5.41) is 3.58. The lowest BCUT2D eigenvalue weighted by Crippen LogP contribution is -2.34. The maximum absolute atomic E-state index is 12.6. The molecule has 0 spiro atoms. The minimum absolute atomic E-state index is 0.124. The number of amides is 1. The molecule has 0 saturated carbocycles. The number of nitrogens with zero attached hydrogens (tertiary/aromatic N) is 1. The van der Waals surface area contributed by atoms with Gasteiger partial charge in [0.05, 0.1) is 23.3 Å². The highest BCUT2D eigenvalue weighted by Gasteiger charge is 2.19. The predicted octanol–water partition coefficient (Wildman–Crippen LogP) is 3.78. The van der Waals surface area contributed by atoms with Crippen molar-refractivity contribution >= 4 is 27.5 Å². The van der Waals surface area contributed by atoms with Crippen molar-refractivity contribution in [3.8, 4) is 11.5 Å². The molecule has 0 aliphatic carbocycles. The molecule has 0 fully saturated rings. The lowest BCUT2D eigenvalue weighted by molar-refractivity contribution is -0.123. The van der Waals surface area contributed by atoms with E-state index in [1.54, 1.807) is 13.0 Å². The van der Waals surface area contributed by atoms with Crippen LogP contribution < -0.4 is 20.3 Å². The topological polar surface area (TPSA) is 69.6 Å². The first kappa shape index (κ1) is 20.9. The Hall–Kier alpha value is -2.80. The molecule has 6 nitrogen and oxygen atoms in total. The summed E-state index contributed by atoms with van der Waals surface area (Å²) in [6.07, 6.45) is 0.659. The van der Waals surface area contributed by atoms with Crippen LogP contribution in [0.3, 0.4) is 0 Å². The van der Waals surface area contributed by atoms with Gasteiger partial charge >= 0.3 is 0 Å². The molecule has 0 aliphatic rings.